The first-order valence-corrected chi connectivity index (χ1v) is 12.1. The van der Waals surface area contributed by atoms with Crippen molar-refractivity contribution in [1.82, 2.24) is 20.2 Å². The number of hydrogen-bond donors (Lipinski definition) is 1. The largest absolute Gasteiger partial charge is 0.490 e. The van der Waals surface area contributed by atoms with E-state index >= 15 is 0 Å². The zero-order chi connectivity index (χ0) is 22.5. The maximum Gasteiger partial charge on any atom is 0.280 e. The summed E-state index contributed by atoms with van der Waals surface area (Å²) in [5, 5.41) is 3.42. The third-order valence-electron chi connectivity index (χ3n) is 5.83. The molecule has 33 heavy (non-hydrogen) atoms. The first kappa shape index (κ1) is 21.6. The summed E-state index contributed by atoms with van der Waals surface area (Å²) in [4.78, 5) is 24.0. The van der Waals surface area contributed by atoms with E-state index in [0.29, 0.717) is 18.2 Å². The molecular weight excluding hydrogens is 432 g/mol. The Kier molecular flexibility index (Phi) is 6.60. The minimum atomic E-state index is -0.173. The Morgan fingerprint density at radius 3 is 2.61 bits per heavy atom. The maximum absolute atomic E-state index is 12.8. The van der Waals surface area contributed by atoms with Gasteiger partial charge in [0.1, 0.15) is 17.9 Å². The van der Waals surface area contributed by atoms with Gasteiger partial charge in [0.25, 0.3) is 5.91 Å². The van der Waals surface area contributed by atoms with Crippen LogP contribution in [-0.4, -0.2) is 47.0 Å². The van der Waals surface area contributed by atoms with Crippen LogP contribution in [-0.2, 0) is 6.54 Å². The summed E-state index contributed by atoms with van der Waals surface area (Å²) in [5.74, 6) is 0.547. The number of likely N-dealkylation sites (tertiary alicyclic amines) is 1. The molecule has 1 aliphatic rings. The average Bonchev–Trinajstić information content (AvgIpc) is 3.54. The van der Waals surface area contributed by atoms with Crippen LogP contribution in [0.5, 0.6) is 5.75 Å². The van der Waals surface area contributed by atoms with E-state index in [9.17, 15) is 4.79 Å². The van der Waals surface area contributed by atoms with Crippen molar-refractivity contribution < 1.29 is 9.53 Å². The van der Waals surface area contributed by atoms with E-state index in [1.807, 2.05) is 48.5 Å². The highest BCUT2D eigenvalue weighted by atomic mass is 32.1. The van der Waals surface area contributed by atoms with Gasteiger partial charge in [0.2, 0.25) is 0 Å². The highest BCUT2D eigenvalue weighted by Crippen LogP contribution is 2.35. The van der Waals surface area contributed by atoms with Crippen molar-refractivity contribution in [2.45, 2.75) is 19.4 Å². The molecule has 5 rings (SSSR count). The number of hydrogen-bond acceptors (Lipinski definition) is 6. The summed E-state index contributed by atoms with van der Waals surface area (Å²) in [7, 11) is 0. The first-order chi connectivity index (χ1) is 16.3. The summed E-state index contributed by atoms with van der Waals surface area (Å²) in [6, 6.07) is 17.9. The minimum absolute atomic E-state index is 0.173. The summed E-state index contributed by atoms with van der Waals surface area (Å²) < 4.78 is 7.16. The Morgan fingerprint density at radius 2 is 1.82 bits per heavy atom. The fourth-order valence-corrected chi connectivity index (χ4v) is 5.00. The number of nitrogens with zero attached hydrogens (tertiary/aromatic N) is 3. The number of pyridine rings is 1. The molecule has 0 atom stereocenters. The second kappa shape index (κ2) is 10.1. The quantitative estimate of drug-likeness (QED) is 0.412. The van der Waals surface area contributed by atoms with Gasteiger partial charge in [-0.2, -0.15) is 0 Å². The van der Waals surface area contributed by atoms with E-state index in [0.717, 1.165) is 52.3 Å². The predicted octanol–water partition coefficient (Wildman–Crippen LogP) is 4.76. The molecule has 6 nitrogen and oxygen atoms in total. The Balaban J connectivity index is 1.40. The Morgan fingerprint density at radius 1 is 1.03 bits per heavy atom. The minimum Gasteiger partial charge on any atom is -0.490 e. The van der Waals surface area contributed by atoms with Crippen molar-refractivity contribution in [3.05, 3.63) is 77.6 Å². The van der Waals surface area contributed by atoms with Gasteiger partial charge in [-0.1, -0.05) is 30.3 Å². The van der Waals surface area contributed by atoms with Gasteiger partial charge in [-0.3, -0.25) is 14.7 Å². The highest BCUT2D eigenvalue weighted by molar-refractivity contribution is 7.20. The van der Waals surface area contributed by atoms with Gasteiger partial charge >= 0.3 is 0 Å². The fraction of sp³-hybridized carbons (Fsp3) is 0.269. The van der Waals surface area contributed by atoms with Crippen molar-refractivity contribution in [3.8, 4) is 16.9 Å². The van der Waals surface area contributed by atoms with E-state index in [4.69, 9.17) is 4.74 Å². The lowest BCUT2D eigenvalue weighted by Crippen LogP contribution is -2.25. The molecular formula is C26H26N4O2S. The van der Waals surface area contributed by atoms with Gasteiger partial charge in [-0.05, 0) is 66.9 Å². The van der Waals surface area contributed by atoms with Gasteiger partial charge in [-0.25, -0.2) is 4.98 Å². The molecule has 1 aliphatic heterocycles. The van der Waals surface area contributed by atoms with E-state index in [1.54, 1.807) is 12.4 Å². The Bertz CT molecular complexity index is 1220. The zero-order valence-corrected chi connectivity index (χ0v) is 19.2. The van der Waals surface area contributed by atoms with Gasteiger partial charge < -0.3 is 10.1 Å². The lowest BCUT2D eigenvalue weighted by Gasteiger charge is -2.15. The van der Waals surface area contributed by atoms with E-state index in [-0.39, 0.29) is 5.91 Å². The number of carbonyl (C=O) groups excluding carboxylic acids is 1. The molecule has 0 radical (unpaired) electrons. The van der Waals surface area contributed by atoms with Crippen molar-refractivity contribution in [3.63, 3.8) is 0 Å². The Labute approximate surface area is 197 Å². The average molecular weight is 459 g/mol. The number of thiazole rings is 1. The molecule has 0 aliphatic carbocycles. The lowest BCUT2D eigenvalue weighted by molar-refractivity contribution is 0.0950. The predicted molar refractivity (Wildman–Crippen MR) is 132 cm³/mol. The van der Waals surface area contributed by atoms with Crippen LogP contribution in [0.25, 0.3) is 21.3 Å². The van der Waals surface area contributed by atoms with Gasteiger partial charge in [0.05, 0.1) is 4.70 Å². The molecule has 1 N–H and O–H groups in total. The number of carbonyl (C=O) groups is 1. The lowest BCUT2D eigenvalue weighted by atomic mass is 10.1. The topological polar surface area (TPSA) is 67.3 Å². The van der Waals surface area contributed by atoms with Crippen LogP contribution < -0.4 is 10.1 Å². The van der Waals surface area contributed by atoms with Crippen LogP contribution in [0.3, 0.4) is 0 Å². The second-order valence-corrected chi connectivity index (χ2v) is 9.17. The molecule has 1 fully saturated rings. The third kappa shape index (κ3) is 5.21. The molecule has 0 spiro atoms. The molecule has 168 valence electrons. The van der Waals surface area contributed by atoms with E-state index < -0.39 is 0 Å². The van der Waals surface area contributed by atoms with Crippen molar-refractivity contribution in [2.24, 2.45) is 0 Å². The molecule has 2 aromatic heterocycles. The number of benzene rings is 2. The molecule has 3 heterocycles. The summed E-state index contributed by atoms with van der Waals surface area (Å²) >= 11 is 1.39. The van der Waals surface area contributed by atoms with Crippen molar-refractivity contribution >= 4 is 27.5 Å². The number of fused-ring (bicyclic) bond motifs is 1. The van der Waals surface area contributed by atoms with E-state index in [1.165, 1.54) is 24.2 Å². The molecule has 2 aromatic carbocycles. The fourth-order valence-electron chi connectivity index (χ4n) is 4.06. The van der Waals surface area contributed by atoms with Crippen molar-refractivity contribution in [2.75, 3.05) is 26.2 Å². The van der Waals surface area contributed by atoms with E-state index in [2.05, 4.69) is 26.3 Å². The molecule has 0 unspecified atom stereocenters. The normalized spacial score (nSPS) is 13.9. The van der Waals surface area contributed by atoms with Crippen molar-refractivity contribution in [1.29, 1.82) is 0 Å². The summed E-state index contributed by atoms with van der Waals surface area (Å²) in [6.07, 6.45) is 6.08. The smallest absolute Gasteiger partial charge is 0.280 e. The van der Waals surface area contributed by atoms with Crippen LogP contribution in [0.1, 0.15) is 28.2 Å². The molecule has 0 bridgehead atoms. The number of rotatable bonds is 8. The van der Waals surface area contributed by atoms with Crippen LogP contribution in [0.4, 0.5) is 0 Å². The zero-order valence-electron chi connectivity index (χ0n) is 18.4. The van der Waals surface area contributed by atoms with Crippen LogP contribution in [0.15, 0.2) is 67.0 Å². The SMILES string of the molecule is O=C(NCc1ccccc1)c1nc2c(OCCN3CCCC3)cc(-c3ccncc3)cc2s1. The summed E-state index contributed by atoms with van der Waals surface area (Å²) in [5.41, 5.74) is 3.88. The van der Waals surface area contributed by atoms with Crippen LogP contribution in [0, 0.1) is 0 Å². The number of amides is 1. The van der Waals surface area contributed by atoms with Gasteiger partial charge in [-0.15, -0.1) is 11.3 Å². The van der Waals surface area contributed by atoms with Crippen LogP contribution in [0.2, 0.25) is 0 Å². The molecule has 0 saturated carbocycles. The third-order valence-corrected chi connectivity index (χ3v) is 6.83. The summed E-state index contributed by atoms with van der Waals surface area (Å²) in [6.45, 7) is 4.24. The first-order valence-electron chi connectivity index (χ1n) is 11.3. The monoisotopic (exact) mass is 458 g/mol. The van der Waals surface area contributed by atoms with Crippen LogP contribution >= 0.6 is 11.3 Å². The van der Waals surface area contributed by atoms with Gasteiger partial charge in [0, 0.05) is 25.5 Å². The Hall–Kier alpha value is -3.29. The molecule has 4 aromatic rings. The number of aromatic nitrogens is 2. The van der Waals surface area contributed by atoms with Gasteiger partial charge in [0.15, 0.2) is 5.01 Å². The second-order valence-electron chi connectivity index (χ2n) is 8.14. The molecule has 7 heteroatoms. The standard InChI is InChI=1S/C26H26N4O2S/c31-25(28-18-19-6-2-1-3-7-19)26-29-24-22(32-15-14-30-12-4-5-13-30)16-21(17-23(24)33-26)20-8-10-27-11-9-20/h1-3,6-11,16-17H,4-5,12-15,18H2,(H,28,31). The molecule has 1 saturated heterocycles. The number of ether oxygens (including phenoxy) is 1. The highest BCUT2D eigenvalue weighted by Gasteiger charge is 2.18. The molecule has 1 amide bonds. The maximum atomic E-state index is 12.8. The number of nitrogens with one attached hydrogen (secondary N) is 1.